The van der Waals surface area contributed by atoms with Crippen LogP contribution in [0.5, 0.6) is 0 Å². The smallest absolute Gasteiger partial charge is 0.238 e. The number of halogens is 5. The maximum Gasteiger partial charge on any atom is 0.477 e. The summed E-state index contributed by atoms with van der Waals surface area (Å²) in [7, 11) is -5.92. The molecule has 2 atom stereocenters. The Kier molecular flexibility index (Phi) is 9.36. The van der Waals surface area contributed by atoms with Gasteiger partial charge in [-0.1, -0.05) is 64.7 Å². The van der Waals surface area contributed by atoms with E-state index in [0.29, 0.717) is 12.8 Å². The Labute approximate surface area is 157 Å². The maximum atomic E-state index is 14.6. The van der Waals surface area contributed by atoms with Crippen molar-refractivity contribution < 1.29 is 39.1 Å². The monoisotopic (exact) mass is 420 g/mol. The topological polar surface area (TPSA) is 54.4 Å². The molecular formula is C17H27F5NO3S+. The first-order valence-corrected chi connectivity index (χ1v) is 10.7. The van der Waals surface area contributed by atoms with Gasteiger partial charge in [0.1, 0.15) is 0 Å². The van der Waals surface area contributed by atoms with Crippen LogP contribution in [0, 0.1) is 0 Å². The molecule has 0 aromatic carbocycles. The Morgan fingerprint density at radius 1 is 0.852 bits per heavy atom. The molecule has 1 aliphatic heterocycles. The molecule has 0 spiro atoms. The largest absolute Gasteiger partial charge is 0.477 e. The van der Waals surface area contributed by atoms with Crippen LogP contribution in [0.2, 0.25) is 0 Å². The third kappa shape index (κ3) is 5.74. The van der Waals surface area contributed by atoms with Gasteiger partial charge in [0, 0.05) is 10.9 Å². The number of nitrogens with zero attached hydrogens (tertiary/aromatic N) is 1. The van der Waals surface area contributed by atoms with Gasteiger partial charge in [-0.05, 0) is 6.42 Å². The van der Waals surface area contributed by atoms with Crippen LogP contribution in [-0.4, -0.2) is 23.1 Å². The van der Waals surface area contributed by atoms with Gasteiger partial charge in [0.15, 0.2) is 0 Å². The lowest BCUT2D eigenvalue weighted by Gasteiger charge is -2.29. The number of quaternary nitrogens is 1. The first kappa shape index (κ1) is 24.0. The van der Waals surface area contributed by atoms with E-state index in [-0.39, 0.29) is 6.42 Å². The van der Waals surface area contributed by atoms with E-state index >= 15 is 0 Å². The van der Waals surface area contributed by atoms with Crippen molar-refractivity contribution in [1.29, 1.82) is 0 Å². The summed E-state index contributed by atoms with van der Waals surface area (Å²) in [5.41, 5.74) is 0. The Balaban J connectivity index is 2.58. The highest BCUT2D eigenvalue weighted by atomic mass is 32.2. The quantitative estimate of drug-likeness (QED) is 0.130. The van der Waals surface area contributed by atoms with Gasteiger partial charge in [-0.25, -0.2) is 13.3 Å². The van der Waals surface area contributed by atoms with Crippen molar-refractivity contribution in [2.24, 2.45) is 0 Å². The van der Waals surface area contributed by atoms with Gasteiger partial charge < -0.3 is 0 Å². The zero-order valence-electron chi connectivity index (χ0n) is 15.4. The Morgan fingerprint density at radius 2 is 1.30 bits per heavy atom. The van der Waals surface area contributed by atoms with E-state index < -0.39 is 50.3 Å². The van der Waals surface area contributed by atoms with Gasteiger partial charge in [0.2, 0.25) is 17.7 Å². The molecule has 1 N–H and O–H groups in total. The molecule has 0 aromatic heterocycles. The minimum absolute atomic E-state index is 0.0650. The second-order valence-electron chi connectivity index (χ2n) is 6.78. The summed E-state index contributed by atoms with van der Waals surface area (Å²) in [6.45, 7) is 2.12. The van der Waals surface area contributed by atoms with Gasteiger partial charge in [-0.2, -0.15) is 4.39 Å². The molecule has 0 radical (unpaired) electrons. The predicted octanol–water partition coefficient (Wildman–Crippen LogP) is 6.44. The highest BCUT2D eigenvalue weighted by Crippen LogP contribution is 2.45. The summed E-state index contributed by atoms with van der Waals surface area (Å²) in [6, 6.07) is -2.52. The average Bonchev–Trinajstić information content (AvgIpc) is 2.61. The minimum Gasteiger partial charge on any atom is -0.238 e. The lowest BCUT2D eigenvalue weighted by atomic mass is 10.0. The van der Waals surface area contributed by atoms with Gasteiger partial charge in [0.25, 0.3) is 5.83 Å². The van der Waals surface area contributed by atoms with Gasteiger partial charge in [-0.15, -0.1) is 12.8 Å². The van der Waals surface area contributed by atoms with Crippen molar-refractivity contribution in [3.05, 3.63) is 23.4 Å². The summed E-state index contributed by atoms with van der Waals surface area (Å²) in [5, 5.41) is 0. The molecule has 27 heavy (non-hydrogen) atoms. The van der Waals surface area contributed by atoms with Crippen molar-refractivity contribution in [3.8, 4) is 0 Å². The van der Waals surface area contributed by atoms with E-state index in [2.05, 4.69) is 6.92 Å². The molecule has 0 bridgehead atoms. The highest BCUT2D eigenvalue weighted by Gasteiger charge is 2.63. The zero-order valence-corrected chi connectivity index (χ0v) is 16.2. The Morgan fingerprint density at radius 3 is 1.74 bits per heavy atom. The lowest BCUT2D eigenvalue weighted by molar-refractivity contribution is -0.948. The van der Waals surface area contributed by atoms with Crippen LogP contribution < -0.4 is 0 Å². The molecule has 2 unspecified atom stereocenters. The van der Waals surface area contributed by atoms with Gasteiger partial charge in [0.05, 0.1) is 4.11 Å². The standard InChI is InChI=1S/C17H26F5NO3S/c1-2-3-4-5-6-7-8-9-10-11-12-13-14(18)15(19)16(20)17(21)23(13,22)27(24,25)26/h13H,2-12H2,1H3/p+1. The van der Waals surface area contributed by atoms with E-state index in [1.54, 1.807) is 0 Å². The van der Waals surface area contributed by atoms with E-state index in [1.807, 2.05) is 0 Å². The number of hydrogen-bond donors (Lipinski definition) is 1. The molecule has 10 heteroatoms. The van der Waals surface area contributed by atoms with E-state index in [0.717, 1.165) is 32.1 Å². The molecule has 0 amide bonds. The van der Waals surface area contributed by atoms with E-state index in [4.69, 9.17) is 4.55 Å². The second kappa shape index (κ2) is 10.5. The van der Waals surface area contributed by atoms with Crippen molar-refractivity contribution in [2.45, 2.75) is 83.6 Å². The van der Waals surface area contributed by atoms with Crippen LogP contribution >= 0.6 is 0 Å². The third-order valence-electron chi connectivity index (χ3n) is 4.71. The number of hydrogen-bond acceptors (Lipinski definition) is 2. The molecule has 0 saturated heterocycles. The first-order chi connectivity index (χ1) is 12.6. The molecule has 1 rings (SSSR count). The van der Waals surface area contributed by atoms with Crippen LogP contribution in [-0.2, 0) is 10.3 Å². The summed E-state index contributed by atoms with van der Waals surface area (Å²) < 4.78 is 96.7. The minimum atomic E-state index is -5.92. The third-order valence-corrected chi connectivity index (χ3v) is 5.80. The summed E-state index contributed by atoms with van der Waals surface area (Å²) >= 11 is 0. The highest BCUT2D eigenvalue weighted by molar-refractivity contribution is 7.80. The molecule has 158 valence electrons. The molecule has 0 aromatic rings. The zero-order chi connectivity index (χ0) is 20.7. The Bertz CT molecular complexity index is 665. The van der Waals surface area contributed by atoms with Crippen LogP contribution in [0.25, 0.3) is 0 Å². The number of unbranched alkanes of at least 4 members (excludes halogenated alkanes) is 9. The fourth-order valence-electron chi connectivity index (χ4n) is 3.14. The molecule has 0 aliphatic carbocycles. The number of rotatable bonds is 12. The molecule has 0 saturated carbocycles. The van der Waals surface area contributed by atoms with Crippen LogP contribution in [0.3, 0.4) is 0 Å². The van der Waals surface area contributed by atoms with Crippen molar-refractivity contribution in [1.82, 2.24) is 0 Å². The summed E-state index contributed by atoms with van der Waals surface area (Å²) in [5.74, 6) is -9.66. The van der Waals surface area contributed by atoms with Crippen molar-refractivity contribution in [2.75, 3.05) is 0 Å². The maximum absolute atomic E-state index is 14.6. The molecule has 4 nitrogen and oxygen atoms in total. The second-order valence-corrected chi connectivity index (χ2v) is 8.20. The van der Waals surface area contributed by atoms with Gasteiger partial charge in [-0.3, -0.25) is 0 Å². The van der Waals surface area contributed by atoms with Crippen molar-refractivity contribution in [3.63, 3.8) is 0 Å². The molecule has 0 fully saturated rings. The fourth-order valence-corrected chi connectivity index (χ4v) is 3.94. The molecule has 1 aliphatic rings. The fraction of sp³-hybridized carbons (Fsp3) is 0.765. The van der Waals surface area contributed by atoms with Gasteiger partial charge >= 0.3 is 16.3 Å². The number of allylic oxidation sites excluding steroid dienone is 2. The summed E-state index contributed by atoms with van der Waals surface area (Å²) in [6.07, 6.45) is 8.24. The predicted molar refractivity (Wildman–Crippen MR) is 91.7 cm³/mol. The van der Waals surface area contributed by atoms with E-state index in [9.17, 15) is 30.5 Å². The average molecular weight is 420 g/mol. The first-order valence-electron chi connectivity index (χ1n) is 9.26. The van der Waals surface area contributed by atoms with Crippen LogP contribution in [0.15, 0.2) is 23.4 Å². The molecular weight excluding hydrogens is 393 g/mol. The van der Waals surface area contributed by atoms with Crippen LogP contribution in [0.4, 0.5) is 22.0 Å². The lowest BCUT2D eigenvalue weighted by Crippen LogP contribution is -2.53. The summed E-state index contributed by atoms with van der Waals surface area (Å²) in [4.78, 5) is 0. The van der Waals surface area contributed by atoms with E-state index in [1.165, 1.54) is 12.8 Å². The van der Waals surface area contributed by atoms with Crippen LogP contribution in [0.1, 0.15) is 77.6 Å². The Hall–Kier alpha value is -1.00. The normalized spacial score (nSPS) is 24.0. The molecule has 1 heterocycles. The SMILES string of the molecule is CCCCCCCCCCCCC1C(F)=C(F)C(F)=C(F)[N+]1(F)S(=O)(=O)O. The van der Waals surface area contributed by atoms with Crippen molar-refractivity contribution >= 4 is 10.3 Å².